The molecule has 0 radical (unpaired) electrons. The van der Waals surface area contributed by atoms with Gasteiger partial charge in [0, 0.05) is 25.2 Å². The number of sulfonamides is 1. The van der Waals surface area contributed by atoms with Crippen LogP contribution in [0.5, 0.6) is 0 Å². The summed E-state index contributed by atoms with van der Waals surface area (Å²) in [4.78, 5) is 10.6. The number of hydrogen-bond acceptors (Lipinski definition) is 5. The Bertz CT molecular complexity index is 627. The smallest absolute Gasteiger partial charge is 0.293 e. The first-order chi connectivity index (χ1) is 10.3. The Balaban J connectivity index is 3.32. The van der Waals surface area contributed by atoms with Gasteiger partial charge in [0.05, 0.1) is 9.82 Å². The standard InChI is InChI=1S/C14H23N3O4S/c1-5-11(4)15-13-9-8-12(10-14(13)17(18)19)22(20,21)16(6-2)7-3/h8-11,15H,5-7H2,1-4H3. The van der Waals surface area contributed by atoms with Crippen LogP contribution in [-0.4, -0.2) is 36.8 Å². The van der Waals surface area contributed by atoms with Crippen molar-refractivity contribution in [1.82, 2.24) is 4.31 Å². The molecule has 7 nitrogen and oxygen atoms in total. The van der Waals surface area contributed by atoms with E-state index >= 15 is 0 Å². The van der Waals surface area contributed by atoms with Crippen LogP contribution in [0.4, 0.5) is 11.4 Å². The summed E-state index contributed by atoms with van der Waals surface area (Å²) in [7, 11) is -3.71. The van der Waals surface area contributed by atoms with Crippen LogP contribution in [0.3, 0.4) is 0 Å². The lowest BCUT2D eigenvalue weighted by Crippen LogP contribution is -2.30. The Kier molecular flexibility index (Phi) is 6.31. The van der Waals surface area contributed by atoms with E-state index in [1.807, 2.05) is 13.8 Å². The van der Waals surface area contributed by atoms with E-state index in [-0.39, 0.29) is 16.6 Å². The fraction of sp³-hybridized carbons (Fsp3) is 0.571. The van der Waals surface area contributed by atoms with Gasteiger partial charge in [-0.1, -0.05) is 20.8 Å². The highest BCUT2D eigenvalue weighted by Gasteiger charge is 2.25. The third kappa shape index (κ3) is 3.95. The molecule has 1 atom stereocenters. The second-order valence-corrected chi connectivity index (χ2v) is 6.92. The van der Waals surface area contributed by atoms with E-state index in [9.17, 15) is 18.5 Å². The Morgan fingerprint density at radius 3 is 2.32 bits per heavy atom. The van der Waals surface area contributed by atoms with Crippen LogP contribution in [0, 0.1) is 10.1 Å². The van der Waals surface area contributed by atoms with Crippen LogP contribution in [0.15, 0.2) is 23.1 Å². The maximum absolute atomic E-state index is 12.4. The summed E-state index contributed by atoms with van der Waals surface area (Å²) in [6, 6.07) is 4.05. The van der Waals surface area contributed by atoms with Crippen molar-refractivity contribution >= 4 is 21.4 Å². The molecule has 124 valence electrons. The van der Waals surface area contributed by atoms with Crippen molar-refractivity contribution in [1.29, 1.82) is 0 Å². The van der Waals surface area contributed by atoms with Crippen LogP contribution in [0.25, 0.3) is 0 Å². The number of nitro groups is 1. The minimum Gasteiger partial charge on any atom is -0.377 e. The molecule has 0 aliphatic rings. The molecular weight excluding hydrogens is 306 g/mol. The Morgan fingerprint density at radius 1 is 1.27 bits per heavy atom. The summed E-state index contributed by atoms with van der Waals surface area (Å²) in [6.45, 7) is 7.97. The lowest BCUT2D eigenvalue weighted by molar-refractivity contribution is -0.384. The van der Waals surface area contributed by atoms with Gasteiger partial charge in [-0.2, -0.15) is 4.31 Å². The van der Waals surface area contributed by atoms with Crippen LogP contribution in [0.2, 0.25) is 0 Å². The number of nitrogens with zero attached hydrogens (tertiary/aromatic N) is 2. The summed E-state index contributed by atoms with van der Waals surface area (Å²) < 4.78 is 26.2. The topological polar surface area (TPSA) is 92.6 Å². The summed E-state index contributed by atoms with van der Waals surface area (Å²) in [6.07, 6.45) is 0.802. The van der Waals surface area contributed by atoms with E-state index in [4.69, 9.17) is 0 Å². The van der Waals surface area contributed by atoms with Gasteiger partial charge in [-0.3, -0.25) is 10.1 Å². The molecule has 1 aromatic rings. The first kappa shape index (κ1) is 18.4. The lowest BCUT2D eigenvalue weighted by atomic mass is 10.2. The minimum absolute atomic E-state index is 0.0578. The van der Waals surface area contributed by atoms with Crippen LogP contribution in [0.1, 0.15) is 34.1 Å². The number of hydrogen-bond donors (Lipinski definition) is 1. The largest absolute Gasteiger partial charge is 0.377 e. The average molecular weight is 329 g/mol. The predicted octanol–water partition coefficient (Wildman–Crippen LogP) is 2.84. The molecule has 0 aliphatic heterocycles. The van der Waals surface area contributed by atoms with E-state index in [1.165, 1.54) is 16.4 Å². The lowest BCUT2D eigenvalue weighted by Gasteiger charge is -2.19. The number of nitrogens with one attached hydrogen (secondary N) is 1. The average Bonchev–Trinajstić information content (AvgIpc) is 2.47. The highest BCUT2D eigenvalue weighted by atomic mass is 32.2. The van der Waals surface area contributed by atoms with Gasteiger partial charge in [0.15, 0.2) is 0 Å². The molecule has 0 heterocycles. The van der Waals surface area contributed by atoms with Crippen molar-refractivity contribution in [2.45, 2.75) is 45.1 Å². The molecule has 1 unspecified atom stereocenters. The molecule has 0 aromatic heterocycles. The molecular formula is C14H23N3O4S. The number of benzene rings is 1. The van der Waals surface area contributed by atoms with Crippen LogP contribution >= 0.6 is 0 Å². The Hall–Kier alpha value is -1.67. The molecule has 0 saturated heterocycles. The van der Waals surface area contributed by atoms with Gasteiger partial charge in [0.25, 0.3) is 5.69 Å². The van der Waals surface area contributed by atoms with Gasteiger partial charge >= 0.3 is 0 Å². The van der Waals surface area contributed by atoms with E-state index in [0.717, 1.165) is 12.5 Å². The number of nitro benzene ring substituents is 1. The maximum atomic E-state index is 12.4. The van der Waals surface area contributed by atoms with Crippen molar-refractivity contribution in [2.24, 2.45) is 0 Å². The molecule has 8 heteroatoms. The van der Waals surface area contributed by atoms with E-state index in [2.05, 4.69) is 5.32 Å². The highest BCUT2D eigenvalue weighted by Crippen LogP contribution is 2.29. The van der Waals surface area contributed by atoms with Crippen LogP contribution < -0.4 is 5.32 Å². The molecule has 0 amide bonds. The molecule has 22 heavy (non-hydrogen) atoms. The fourth-order valence-corrected chi connectivity index (χ4v) is 3.50. The molecule has 0 fully saturated rings. The highest BCUT2D eigenvalue weighted by molar-refractivity contribution is 7.89. The first-order valence-electron chi connectivity index (χ1n) is 7.32. The molecule has 1 N–H and O–H groups in total. The first-order valence-corrected chi connectivity index (χ1v) is 8.76. The third-order valence-corrected chi connectivity index (χ3v) is 5.57. The Morgan fingerprint density at radius 2 is 1.86 bits per heavy atom. The van der Waals surface area contributed by atoms with Crippen molar-refractivity contribution in [3.05, 3.63) is 28.3 Å². The van der Waals surface area contributed by atoms with Gasteiger partial charge in [-0.05, 0) is 25.5 Å². The maximum Gasteiger partial charge on any atom is 0.293 e. The molecule has 1 aromatic carbocycles. The third-order valence-electron chi connectivity index (χ3n) is 3.52. The SMILES string of the molecule is CCC(C)Nc1ccc(S(=O)(=O)N(CC)CC)cc1[N+](=O)[O-]. The zero-order chi connectivity index (χ0) is 16.9. The van der Waals surface area contributed by atoms with Crippen molar-refractivity contribution < 1.29 is 13.3 Å². The molecule has 0 spiro atoms. The van der Waals surface area contributed by atoms with E-state index in [1.54, 1.807) is 13.8 Å². The quantitative estimate of drug-likeness (QED) is 0.585. The second kappa shape index (κ2) is 7.55. The van der Waals surface area contributed by atoms with Crippen molar-refractivity contribution in [3.8, 4) is 0 Å². The van der Waals surface area contributed by atoms with Gasteiger partial charge in [0.1, 0.15) is 5.69 Å². The van der Waals surface area contributed by atoms with Crippen LogP contribution in [-0.2, 0) is 10.0 Å². The van der Waals surface area contributed by atoms with E-state index < -0.39 is 14.9 Å². The second-order valence-electron chi connectivity index (χ2n) is 4.98. The zero-order valence-electron chi connectivity index (χ0n) is 13.4. The molecule has 0 aliphatic carbocycles. The predicted molar refractivity (Wildman–Crippen MR) is 86.6 cm³/mol. The summed E-state index contributed by atoms with van der Waals surface area (Å²) in [5.41, 5.74) is 0.103. The Labute approximate surface area is 131 Å². The summed E-state index contributed by atoms with van der Waals surface area (Å²) in [5.74, 6) is 0. The molecule has 1 rings (SSSR count). The van der Waals surface area contributed by atoms with Crippen molar-refractivity contribution in [2.75, 3.05) is 18.4 Å². The molecule has 0 bridgehead atoms. The summed E-state index contributed by atoms with van der Waals surface area (Å²) in [5, 5.41) is 14.3. The normalized spacial score (nSPS) is 13.1. The zero-order valence-corrected chi connectivity index (χ0v) is 14.2. The van der Waals surface area contributed by atoms with Gasteiger partial charge < -0.3 is 5.32 Å². The monoisotopic (exact) mass is 329 g/mol. The van der Waals surface area contributed by atoms with Gasteiger partial charge in [-0.15, -0.1) is 0 Å². The van der Waals surface area contributed by atoms with Gasteiger partial charge in [-0.25, -0.2) is 8.42 Å². The minimum atomic E-state index is -3.71. The van der Waals surface area contributed by atoms with Crippen molar-refractivity contribution in [3.63, 3.8) is 0 Å². The summed E-state index contributed by atoms with van der Waals surface area (Å²) >= 11 is 0. The van der Waals surface area contributed by atoms with E-state index in [0.29, 0.717) is 18.8 Å². The molecule has 0 saturated carbocycles. The number of anilines is 1. The fourth-order valence-electron chi connectivity index (χ4n) is 2.03. The van der Waals surface area contributed by atoms with Gasteiger partial charge in [0.2, 0.25) is 10.0 Å². The number of rotatable bonds is 8.